The van der Waals surface area contributed by atoms with Gasteiger partial charge in [0.15, 0.2) is 0 Å². The summed E-state index contributed by atoms with van der Waals surface area (Å²) in [5, 5.41) is 9.00. The van der Waals surface area contributed by atoms with E-state index >= 15 is 0 Å². The number of nitrogens with zero attached hydrogens (tertiary/aromatic N) is 4. The van der Waals surface area contributed by atoms with Crippen LogP contribution >= 0.6 is 0 Å². The molecule has 0 saturated carbocycles. The maximum Gasteiger partial charge on any atom is 0.252 e. The van der Waals surface area contributed by atoms with E-state index < -0.39 is 0 Å². The van der Waals surface area contributed by atoms with Crippen LogP contribution in [0.15, 0.2) is 43.0 Å². The summed E-state index contributed by atoms with van der Waals surface area (Å²) in [5.41, 5.74) is 2.16. The molecule has 0 spiro atoms. The first-order valence-corrected chi connectivity index (χ1v) is 7.86. The van der Waals surface area contributed by atoms with E-state index in [9.17, 15) is 4.79 Å². The van der Waals surface area contributed by atoms with Crippen molar-refractivity contribution in [3.05, 3.63) is 54.1 Å². The van der Waals surface area contributed by atoms with Crippen LogP contribution < -0.4 is 20.7 Å². The average molecular weight is 349 g/mol. The van der Waals surface area contributed by atoms with Gasteiger partial charge >= 0.3 is 0 Å². The van der Waals surface area contributed by atoms with E-state index in [1.165, 1.54) is 6.33 Å². The lowest BCUT2D eigenvalue weighted by atomic mass is 10.1. The molecule has 0 bridgehead atoms. The lowest BCUT2D eigenvalue weighted by Gasteiger charge is -2.14. The van der Waals surface area contributed by atoms with Crippen LogP contribution in [0.3, 0.4) is 0 Å². The average Bonchev–Trinajstić information content (AvgIpc) is 3.04. The Balaban J connectivity index is 1.60. The second kappa shape index (κ2) is 6.63. The van der Waals surface area contributed by atoms with Crippen LogP contribution in [0.25, 0.3) is 0 Å². The Morgan fingerprint density at radius 2 is 1.85 bits per heavy atom. The zero-order valence-electron chi connectivity index (χ0n) is 13.9. The van der Waals surface area contributed by atoms with Crippen LogP contribution in [0.2, 0.25) is 0 Å². The van der Waals surface area contributed by atoms with Crippen molar-refractivity contribution in [3.63, 3.8) is 0 Å². The number of hydrogen-bond donors (Lipinski definition) is 3. The van der Waals surface area contributed by atoms with Gasteiger partial charge < -0.3 is 20.7 Å². The van der Waals surface area contributed by atoms with Crippen LogP contribution in [0.4, 0.5) is 23.3 Å². The topological polar surface area (TPSA) is 114 Å². The van der Waals surface area contributed by atoms with E-state index in [0.717, 1.165) is 5.56 Å². The molecule has 3 N–H and O–H groups in total. The Bertz CT molecular complexity index is 963. The quantitative estimate of drug-likeness (QED) is 0.641. The van der Waals surface area contributed by atoms with Gasteiger partial charge in [-0.05, 0) is 18.2 Å². The van der Waals surface area contributed by atoms with Gasteiger partial charge in [-0.3, -0.25) is 4.79 Å². The molecule has 1 aliphatic heterocycles. The number of aromatic nitrogens is 4. The number of hydrogen-bond acceptors (Lipinski definition) is 8. The fraction of sp³-hybridized carbons (Fsp3) is 0.118. The van der Waals surface area contributed by atoms with Crippen LogP contribution in [-0.2, 0) is 6.54 Å². The number of rotatable bonds is 5. The molecule has 0 saturated heterocycles. The minimum atomic E-state index is -0.0961. The number of carbonyl (C=O) groups is 1. The SMILES string of the molecule is COc1c(Nc2cc(Nc3ncccn3)ncn2)ccc2c1CNC2=O. The Labute approximate surface area is 148 Å². The normalized spacial score (nSPS) is 12.3. The van der Waals surface area contributed by atoms with Gasteiger partial charge in [0, 0.05) is 36.1 Å². The molecular weight excluding hydrogens is 334 g/mol. The van der Waals surface area contributed by atoms with Crippen LogP contribution in [0, 0.1) is 0 Å². The highest BCUT2D eigenvalue weighted by atomic mass is 16.5. The third-order valence-corrected chi connectivity index (χ3v) is 3.87. The monoisotopic (exact) mass is 349 g/mol. The van der Waals surface area contributed by atoms with Crippen molar-refractivity contribution < 1.29 is 9.53 Å². The third kappa shape index (κ3) is 2.97. The van der Waals surface area contributed by atoms with Crippen LogP contribution in [-0.4, -0.2) is 33.0 Å². The summed E-state index contributed by atoms with van der Waals surface area (Å²) < 4.78 is 5.50. The Kier molecular flexibility index (Phi) is 4.02. The summed E-state index contributed by atoms with van der Waals surface area (Å²) in [6, 6.07) is 7.02. The van der Waals surface area contributed by atoms with E-state index in [1.54, 1.807) is 43.8 Å². The minimum Gasteiger partial charge on any atom is -0.494 e. The predicted molar refractivity (Wildman–Crippen MR) is 94.8 cm³/mol. The summed E-state index contributed by atoms with van der Waals surface area (Å²) in [6.45, 7) is 0.439. The first-order valence-electron chi connectivity index (χ1n) is 7.86. The van der Waals surface area contributed by atoms with Gasteiger partial charge in [-0.2, -0.15) is 0 Å². The van der Waals surface area contributed by atoms with Crippen molar-refractivity contribution in [2.24, 2.45) is 0 Å². The van der Waals surface area contributed by atoms with Crippen molar-refractivity contribution in [1.82, 2.24) is 25.3 Å². The molecule has 0 fully saturated rings. The number of methoxy groups -OCH3 is 1. The highest BCUT2D eigenvalue weighted by molar-refractivity contribution is 6.00. The van der Waals surface area contributed by atoms with E-state index in [1.807, 2.05) is 0 Å². The number of carbonyl (C=O) groups excluding carboxylic acids is 1. The number of nitrogens with one attached hydrogen (secondary N) is 3. The number of fused-ring (bicyclic) bond motifs is 1. The highest BCUT2D eigenvalue weighted by Crippen LogP contribution is 2.35. The number of benzene rings is 1. The molecule has 0 unspecified atom stereocenters. The standard InChI is InChI=1S/C17H15N7O2/c1-26-15-11-8-20-16(25)10(11)3-4-12(15)23-13-7-14(22-9-21-13)24-17-18-5-2-6-19-17/h2-7,9H,8H2,1H3,(H,20,25)(H2,18,19,21,22,23,24). The lowest BCUT2D eigenvalue weighted by molar-refractivity contribution is 0.0966. The Morgan fingerprint density at radius 1 is 1.08 bits per heavy atom. The summed E-state index contributed by atoms with van der Waals surface area (Å²) in [6.07, 6.45) is 4.71. The number of ether oxygens (including phenoxy) is 1. The van der Waals surface area contributed by atoms with Crippen molar-refractivity contribution in [1.29, 1.82) is 0 Å². The molecule has 130 valence electrons. The molecule has 3 aromatic rings. The second-order valence-corrected chi connectivity index (χ2v) is 5.47. The van der Waals surface area contributed by atoms with Gasteiger partial charge in [-0.1, -0.05) is 0 Å². The van der Waals surface area contributed by atoms with E-state index in [4.69, 9.17) is 4.74 Å². The minimum absolute atomic E-state index is 0.0961. The van der Waals surface area contributed by atoms with Gasteiger partial charge in [0.1, 0.15) is 23.7 Å². The van der Waals surface area contributed by atoms with Gasteiger partial charge in [-0.15, -0.1) is 0 Å². The Morgan fingerprint density at radius 3 is 2.62 bits per heavy atom. The van der Waals surface area contributed by atoms with Gasteiger partial charge in [0.2, 0.25) is 5.95 Å². The van der Waals surface area contributed by atoms with Crippen molar-refractivity contribution in [2.75, 3.05) is 17.7 Å². The molecule has 0 atom stereocenters. The molecule has 0 radical (unpaired) electrons. The molecule has 9 nitrogen and oxygen atoms in total. The third-order valence-electron chi connectivity index (χ3n) is 3.87. The first kappa shape index (κ1) is 15.8. The maximum absolute atomic E-state index is 11.8. The predicted octanol–water partition coefficient (Wildman–Crippen LogP) is 2.01. The smallest absolute Gasteiger partial charge is 0.252 e. The number of amides is 1. The lowest BCUT2D eigenvalue weighted by Crippen LogP contribution is -2.12. The Hall–Kier alpha value is -3.75. The maximum atomic E-state index is 11.8. The molecule has 1 amide bonds. The molecular formula is C17H15N7O2. The molecule has 1 aromatic carbocycles. The summed E-state index contributed by atoms with van der Waals surface area (Å²) in [5.74, 6) is 2.07. The molecule has 0 aliphatic carbocycles. The van der Waals surface area contributed by atoms with Crippen molar-refractivity contribution in [3.8, 4) is 5.75 Å². The van der Waals surface area contributed by atoms with E-state index in [2.05, 4.69) is 35.9 Å². The van der Waals surface area contributed by atoms with Gasteiger partial charge in [-0.25, -0.2) is 19.9 Å². The van der Waals surface area contributed by atoms with Crippen LogP contribution in [0.5, 0.6) is 5.75 Å². The van der Waals surface area contributed by atoms with Gasteiger partial charge in [0.25, 0.3) is 5.91 Å². The molecule has 4 rings (SSSR count). The molecule has 3 heterocycles. The first-order chi connectivity index (χ1) is 12.7. The molecule has 26 heavy (non-hydrogen) atoms. The molecule has 1 aliphatic rings. The highest BCUT2D eigenvalue weighted by Gasteiger charge is 2.24. The second-order valence-electron chi connectivity index (χ2n) is 5.47. The summed E-state index contributed by atoms with van der Waals surface area (Å²) in [7, 11) is 1.57. The molecule has 2 aromatic heterocycles. The zero-order chi connectivity index (χ0) is 17.9. The summed E-state index contributed by atoms with van der Waals surface area (Å²) >= 11 is 0. The van der Waals surface area contributed by atoms with Crippen molar-refractivity contribution >= 4 is 29.2 Å². The van der Waals surface area contributed by atoms with Crippen LogP contribution in [0.1, 0.15) is 15.9 Å². The number of anilines is 4. The zero-order valence-corrected chi connectivity index (χ0v) is 13.9. The summed E-state index contributed by atoms with van der Waals surface area (Å²) in [4.78, 5) is 28.4. The largest absolute Gasteiger partial charge is 0.494 e. The van der Waals surface area contributed by atoms with Crippen molar-refractivity contribution in [2.45, 2.75) is 6.54 Å². The van der Waals surface area contributed by atoms with E-state index in [0.29, 0.717) is 41.1 Å². The van der Waals surface area contributed by atoms with E-state index in [-0.39, 0.29) is 5.91 Å². The van der Waals surface area contributed by atoms with Gasteiger partial charge in [0.05, 0.1) is 12.8 Å². The molecule has 9 heteroatoms. The fourth-order valence-corrected chi connectivity index (χ4v) is 2.72. The fourth-order valence-electron chi connectivity index (χ4n) is 2.72.